The third kappa shape index (κ3) is 4.27. The first-order valence-corrected chi connectivity index (χ1v) is 8.87. The number of hydrogen-bond donors (Lipinski definition) is 2. The third-order valence-electron chi connectivity index (χ3n) is 3.91. The fourth-order valence-electron chi connectivity index (χ4n) is 2.22. The van der Waals surface area contributed by atoms with Gasteiger partial charge in [-0.15, -0.1) is 0 Å². The topological polar surface area (TPSA) is 89.3 Å². The molecule has 1 saturated carbocycles. The minimum atomic E-state index is -3.65. The van der Waals surface area contributed by atoms with Crippen LogP contribution in [-0.2, 0) is 14.6 Å². The van der Waals surface area contributed by atoms with Crippen molar-refractivity contribution in [2.45, 2.75) is 42.4 Å². The van der Waals surface area contributed by atoms with Crippen molar-refractivity contribution < 1.29 is 17.6 Å². The number of amides is 1. The molecule has 1 amide bonds. The van der Waals surface area contributed by atoms with Crippen molar-refractivity contribution in [1.82, 2.24) is 5.32 Å². The van der Waals surface area contributed by atoms with Crippen molar-refractivity contribution in [2.75, 3.05) is 6.54 Å². The summed E-state index contributed by atoms with van der Waals surface area (Å²) in [4.78, 5) is 11.9. The van der Waals surface area contributed by atoms with Crippen LogP contribution in [0.4, 0.5) is 4.39 Å². The summed E-state index contributed by atoms with van der Waals surface area (Å²) in [5.74, 6) is -0.367. The Morgan fingerprint density at radius 1 is 1.36 bits per heavy atom. The molecule has 0 radical (unpaired) electrons. The average Bonchev–Trinajstić information content (AvgIpc) is 3.29. The predicted molar refractivity (Wildman–Crippen MR) is 81.4 cm³/mol. The molecule has 2 unspecified atom stereocenters. The van der Waals surface area contributed by atoms with E-state index >= 15 is 0 Å². The van der Waals surface area contributed by atoms with E-state index in [0.29, 0.717) is 12.5 Å². The average molecular weight is 328 g/mol. The molecule has 5 nitrogen and oxygen atoms in total. The van der Waals surface area contributed by atoms with Gasteiger partial charge in [-0.3, -0.25) is 4.79 Å². The Kier molecular flexibility index (Phi) is 5.18. The zero-order chi connectivity index (χ0) is 16.3. The van der Waals surface area contributed by atoms with Crippen LogP contribution in [0.3, 0.4) is 0 Å². The van der Waals surface area contributed by atoms with E-state index in [1.807, 2.05) is 0 Å². The number of hydrogen-bond acceptors (Lipinski definition) is 4. The zero-order valence-corrected chi connectivity index (χ0v) is 13.3. The zero-order valence-electron chi connectivity index (χ0n) is 12.5. The fourth-order valence-corrected chi connectivity index (χ4v) is 3.57. The van der Waals surface area contributed by atoms with Gasteiger partial charge in [0.1, 0.15) is 5.82 Å². The van der Waals surface area contributed by atoms with Crippen LogP contribution in [0.1, 0.15) is 26.2 Å². The highest BCUT2D eigenvalue weighted by Gasteiger charge is 2.29. The van der Waals surface area contributed by atoms with E-state index in [0.717, 1.165) is 25.0 Å². The minimum absolute atomic E-state index is 0.0175. The predicted octanol–water partition coefficient (Wildman–Crippen LogP) is 1.23. The van der Waals surface area contributed by atoms with Gasteiger partial charge in [-0.1, -0.05) is 0 Å². The lowest BCUT2D eigenvalue weighted by atomic mass is 10.2. The lowest BCUT2D eigenvalue weighted by Crippen LogP contribution is -2.40. The van der Waals surface area contributed by atoms with Crippen molar-refractivity contribution in [3.8, 4) is 0 Å². The number of nitrogens with one attached hydrogen (secondary N) is 1. The maximum atomic E-state index is 12.9. The van der Waals surface area contributed by atoms with E-state index < -0.39 is 20.9 Å². The second kappa shape index (κ2) is 6.75. The van der Waals surface area contributed by atoms with Crippen LogP contribution in [0.2, 0.25) is 0 Å². The van der Waals surface area contributed by atoms with Gasteiger partial charge in [0.25, 0.3) is 0 Å². The van der Waals surface area contributed by atoms with Crippen LogP contribution < -0.4 is 11.1 Å². The third-order valence-corrected chi connectivity index (χ3v) is 6.06. The van der Waals surface area contributed by atoms with Crippen LogP contribution in [0.5, 0.6) is 0 Å². The molecule has 0 spiro atoms. The summed E-state index contributed by atoms with van der Waals surface area (Å²) in [6.45, 7) is 1.84. The van der Waals surface area contributed by atoms with Gasteiger partial charge in [0, 0.05) is 19.0 Å². The Balaban J connectivity index is 1.90. The molecule has 0 saturated heterocycles. The number of carbonyl (C=O) groups is 1. The lowest BCUT2D eigenvalue weighted by Gasteiger charge is -2.15. The first kappa shape index (κ1) is 16.9. The van der Waals surface area contributed by atoms with Gasteiger partial charge in [0.15, 0.2) is 9.84 Å². The Morgan fingerprint density at radius 3 is 2.50 bits per heavy atom. The normalized spacial score (nSPS) is 17.8. The first-order valence-electron chi connectivity index (χ1n) is 7.32. The van der Waals surface area contributed by atoms with E-state index in [9.17, 15) is 17.6 Å². The summed E-state index contributed by atoms with van der Waals surface area (Å²) < 4.78 is 37.5. The fraction of sp³-hybridized carbons (Fsp3) is 0.533. The van der Waals surface area contributed by atoms with E-state index in [4.69, 9.17) is 5.73 Å². The van der Waals surface area contributed by atoms with Crippen molar-refractivity contribution in [1.29, 1.82) is 0 Å². The number of nitrogens with two attached hydrogens (primary N) is 1. The minimum Gasteiger partial charge on any atom is -0.354 e. The molecule has 2 rings (SSSR count). The number of benzene rings is 1. The van der Waals surface area contributed by atoms with E-state index in [1.54, 1.807) is 0 Å². The summed E-state index contributed by atoms with van der Waals surface area (Å²) in [6, 6.07) is 4.54. The van der Waals surface area contributed by atoms with Crippen molar-refractivity contribution >= 4 is 15.7 Å². The molecule has 122 valence electrons. The highest BCUT2D eigenvalue weighted by atomic mass is 32.2. The second-order valence-corrected chi connectivity index (χ2v) is 8.19. The molecular formula is C15H21FN2O3S. The standard InChI is InChI=1S/C15H21FN2O3S/c1-10(8-15(19)18-9-14(17)11-2-3-11)22(20,21)13-6-4-12(16)5-7-13/h4-7,10-11,14H,2-3,8-9,17H2,1H3,(H,18,19). The molecular weight excluding hydrogens is 307 g/mol. The van der Waals surface area contributed by atoms with Gasteiger partial charge in [-0.25, -0.2) is 12.8 Å². The first-order chi connectivity index (χ1) is 10.3. The smallest absolute Gasteiger partial charge is 0.221 e. The van der Waals surface area contributed by atoms with Crippen LogP contribution in [-0.4, -0.2) is 32.2 Å². The Labute approximate surface area is 130 Å². The molecule has 0 aliphatic heterocycles. The maximum absolute atomic E-state index is 12.9. The van der Waals surface area contributed by atoms with Gasteiger partial charge >= 0.3 is 0 Å². The van der Waals surface area contributed by atoms with Gasteiger partial charge in [0.05, 0.1) is 10.1 Å². The quantitative estimate of drug-likeness (QED) is 0.737. The molecule has 1 fully saturated rings. The van der Waals surface area contributed by atoms with E-state index in [2.05, 4.69) is 5.32 Å². The Bertz CT molecular complexity index is 627. The van der Waals surface area contributed by atoms with Crippen LogP contribution in [0, 0.1) is 11.7 Å². The van der Waals surface area contributed by atoms with Crippen LogP contribution in [0.25, 0.3) is 0 Å². The molecule has 2 atom stereocenters. The summed E-state index contributed by atoms with van der Waals surface area (Å²) >= 11 is 0. The maximum Gasteiger partial charge on any atom is 0.221 e. The van der Waals surface area contributed by atoms with Crippen LogP contribution >= 0.6 is 0 Å². The molecule has 0 aromatic heterocycles. The summed E-state index contributed by atoms with van der Waals surface area (Å²) in [6.07, 6.45) is 2.04. The highest BCUT2D eigenvalue weighted by Crippen LogP contribution is 2.31. The molecule has 1 aromatic carbocycles. The summed E-state index contributed by atoms with van der Waals surface area (Å²) in [5.41, 5.74) is 5.88. The Hall–Kier alpha value is -1.47. The van der Waals surface area contributed by atoms with Gasteiger partial charge in [0.2, 0.25) is 5.91 Å². The van der Waals surface area contributed by atoms with Gasteiger partial charge < -0.3 is 11.1 Å². The SMILES string of the molecule is CC(CC(=O)NCC(N)C1CC1)S(=O)(=O)c1ccc(F)cc1. The van der Waals surface area contributed by atoms with E-state index in [-0.39, 0.29) is 23.3 Å². The molecule has 1 aliphatic carbocycles. The molecule has 1 aromatic rings. The molecule has 7 heteroatoms. The van der Waals surface area contributed by atoms with Crippen molar-refractivity contribution in [3.63, 3.8) is 0 Å². The number of rotatable bonds is 7. The lowest BCUT2D eigenvalue weighted by molar-refractivity contribution is -0.121. The number of sulfone groups is 1. The largest absolute Gasteiger partial charge is 0.354 e. The van der Waals surface area contributed by atoms with Crippen LogP contribution in [0.15, 0.2) is 29.2 Å². The highest BCUT2D eigenvalue weighted by molar-refractivity contribution is 7.92. The molecule has 1 aliphatic rings. The summed E-state index contributed by atoms with van der Waals surface area (Å²) in [5, 5.41) is 1.80. The number of carbonyl (C=O) groups excluding carboxylic acids is 1. The monoisotopic (exact) mass is 328 g/mol. The molecule has 0 bridgehead atoms. The van der Waals surface area contributed by atoms with Gasteiger partial charge in [-0.2, -0.15) is 0 Å². The summed E-state index contributed by atoms with van der Waals surface area (Å²) in [7, 11) is -3.65. The van der Waals surface area contributed by atoms with Crippen molar-refractivity contribution in [2.24, 2.45) is 11.7 Å². The van der Waals surface area contributed by atoms with Crippen molar-refractivity contribution in [3.05, 3.63) is 30.1 Å². The Morgan fingerprint density at radius 2 is 1.95 bits per heavy atom. The van der Waals surface area contributed by atoms with E-state index in [1.165, 1.54) is 19.1 Å². The number of halogens is 1. The molecule has 22 heavy (non-hydrogen) atoms. The molecule has 0 heterocycles. The second-order valence-electron chi connectivity index (χ2n) is 5.82. The molecule has 3 N–H and O–H groups in total. The van der Waals surface area contributed by atoms with Gasteiger partial charge in [-0.05, 0) is 49.9 Å².